The quantitative estimate of drug-likeness (QED) is 0.804. The van der Waals surface area contributed by atoms with Crippen LogP contribution in [-0.4, -0.2) is 32.1 Å². The number of para-hydroxylation sites is 1. The summed E-state index contributed by atoms with van der Waals surface area (Å²) in [7, 11) is 0. The van der Waals surface area contributed by atoms with Gasteiger partial charge in [0.15, 0.2) is 0 Å². The van der Waals surface area contributed by atoms with Crippen LogP contribution in [0.3, 0.4) is 0 Å². The van der Waals surface area contributed by atoms with Gasteiger partial charge in [-0.1, -0.05) is 18.2 Å². The highest BCUT2D eigenvalue weighted by atomic mass is 19.3. The molecule has 4 heteroatoms. The number of piperidine rings is 2. The van der Waals surface area contributed by atoms with E-state index in [9.17, 15) is 8.78 Å². The Bertz CT molecular complexity index is 378. The zero-order valence-electron chi connectivity index (χ0n) is 9.57. The molecule has 2 aliphatic heterocycles. The molecule has 17 heavy (non-hydrogen) atoms. The summed E-state index contributed by atoms with van der Waals surface area (Å²) in [5, 5.41) is 3.11. The third-order valence-electron chi connectivity index (χ3n) is 3.87. The number of fused-ring (bicyclic) bond motifs is 2. The summed E-state index contributed by atoms with van der Waals surface area (Å²) in [5.41, 5.74) is 1.06. The lowest BCUT2D eigenvalue weighted by atomic mass is 9.81. The molecule has 2 aliphatic rings. The van der Waals surface area contributed by atoms with Crippen molar-refractivity contribution < 1.29 is 8.78 Å². The molecular weight excluding hydrogens is 222 g/mol. The minimum atomic E-state index is -2.50. The van der Waals surface area contributed by atoms with Gasteiger partial charge in [-0.2, -0.15) is 0 Å². The lowest BCUT2D eigenvalue weighted by molar-refractivity contribution is -0.130. The standard InChI is InChI=1S/C13H16F2N2/c14-13(15)10-6-16-7-11(13)9-17(8-10)12-4-2-1-3-5-12/h1-5,10-11,16H,6-9H2. The number of nitrogens with one attached hydrogen (secondary N) is 1. The molecule has 2 bridgehead atoms. The smallest absolute Gasteiger partial charge is 0.259 e. The molecule has 2 saturated heterocycles. The topological polar surface area (TPSA) is 15.3 Å². The van der Waals surface area contributed by atoms with Gasteiger partial charge in [0, 0.05) is 31.9 Å². The van der Waals surface area contributed by atoms with Crippen LogP contribution in [0.15, 0.2) is 30.3 Å². The maximum absolute atomic E-state index is 13.9. The first kappa shape index (κ1) is 11.0. The first-order valence-corrected chi connectivity index (χ1v) is 6.06. The maximum Gasteiger partial charge on any atom is 0.259 e. The Morgan fingerprint density at radius 2 is 1.65 bits per heavy atom. The highest BCUT2D eigenvalue weighted by Crippen LogP contribution is 2.40. The molecule has 1 aromatic carbocycles. The predicted octanol–water partition coefficient (Wildman–Crippen LogP) is 1.98. The fourth-order valence-corrected chi connectivity index (χ4v) is 2.87. The molecule has 2 fully saturated rings. The molecule has 2 nitrogen and oxygen atoms in total. The maximum atomic E-state index is 13.9. The first-order valence-electron chi connectivity index (χ1n) is 6.06. The third kappa shape index (κ3) is 1.80. The van der Waals surface area contributed by atoms with Gasteiger partial charge in [-0.05, 0) is 12.1 Å². The molecule has 0 amide bonds. The molecule has 0 spiro atoms. The van der Waals surface area contributed by atoms with Crippen molar-refractivity contribution in [1.82, 2.24) is 5.32 Å². The van der Waals surface area contributed by atoms with Gasteiger partial charge in [-0.25, -0.2) is 8.78 Å². The Balaban J connectivity index is 1.84. The van der Waals surface area contributed by atoms with E-state index in [1.807, 2.05) is 30.3 Å². The van der Waals surface area contributed by atoms with Gasteiger partial charge < -0.3 is 10.2 Å². The van der Waals surface area contributed by atoms with E-state index in [4.69, 9.17) is 0 Å². The van der Waals surface area contributed by atoms with E-state index in [0.29, 0.717) is 26.2 Å². The molecule has 0 aliphatic carbocycles. The van der Waals surface area contributed by atoms with Crippen LogP contribution >= 0.6 is 0 Å². The highest BCUT2D eigenvalue weighted by Gasteiger charge is 2.53. The number of anilines is 1. The van der Waals surface area contributed by atoms with Crippen LogP contribution in [0.1, 0.15) is 0 Å². The summed E-state index contributed by atoms with van der Waals surface area (Å²) in [6.07, 6.45) is 0. The normalized spacial score (nSPS) is 31.3. The Morgan fingerprint density at radius 1 is 1.06 bits per heavy atom. The molecule has 2 heterocycles. The molecule has 2 atom stereocenters. The number of rotatable bonds is 1. The van der Waals surface area contributed by atoms with E-state index in [-0.39, 0.29) is 0 Å². The van der Waals surface area contributed by atoms with E-state index in [0.717, 1.165) is 5.69 Å². The van der Waals surface area contributed by atoms with E-state index in [2.05, 4.69) is 10.2 Å². The predicted molar refractivity (Wildman–Crippen MR) is 63.5 cm³/mol. The summed E-state index contributed by atoms with van der Waals surface area (Å²) >= 11 is 0. The van der Waals surface area contributed by atoms with Crippen LogP contribution < -0.4 is 10.2 Å². The van der Waals surface area contributed by atoms with Crippen LogP contribution in [0, 0.1) is 11.8 Å². The van der Waals surface area contributed by atoms with Crippen molar-refractivity contribution in [2.24, 2.45) is 11.8 Å². The van der Waals surface area contributed by atoms with Crippen molar-refractivity contribution in [2.75, 3.05) is 31.1 Å². The number of benzene rings is 1. The zero-order valence-corrected chi connectivity index (χ0v) is 9.57. The third-order valence-corrected chi connectivity index (χ3v) is 3.87. The van der Waals surface area contributed by atoms with Gasteiger partial charge in [0.1, 0.15) is 0 Å². The molecule has 2 unspecified atom stereocenters. The van der Waals surface area contributed by atoms with Crippen LogP contribution in [-0.2, 0) is 0 Å². The van der Waals surface area contributed by atoms with Crippen molar-refractivity contribution in [3.8, 4) is 0 Å². The average Bonchev–Trinajstić information content (AvgIpc) is 2.28. The molecule has 0 saturated carbocycles. The summed E-state index contributed by atoms with van der Waals surface area (Å²) in [6, 6.07) is 9.84. The van der Waals surface area contributed by atoms with Crippen molar-refractivity contribution in [3.63, 3.8) is 0 Å². The SMILES string of the molecule is FC1(F)C2CNCC1CN(c1ccccc1)C2. The molecule has 1 N–H and O–H groups in total. The summed E-state index contributed by atoms with van der Waals surface area (Å²) in [6.45, 7) is 1.74. The Hall–Kier alpha value is -1.16. The summed E-state index contributed by atoms with van der Waals surface area (Å²) in [5.74, 6) is -3.62. The van der Waals surface area contributed by atoms with Gasteiger partial charge in [0.05, 0.1) is 11.8 Å². The van der Waals surface area contributed by atoms with E-state index in [1.54, 1.807) is 0 Å². The minimum absolute atomic E-state index is 0.423. The van der Waals surface area contributed by atoms with Gasteiger partial charge in [0.25, 0.3) is 5.92 Å². The highest BCUT2D eigenvalue weighted by molar-refractivity contribution is 5.47. The van der Waals surface area contributed by atoms with Crippen molar-refractivity contribution in [1.29, 1.82) is 0 Å². The zero-order chi connectivity index (χ0) is 11.9. The molecule has 1 aromatic rings. The number of hydrogen-bond acceptors (Lipinski definition) is 2. The fraction of sp³-hybridized carbons (Fsp3) is 0.538. The number of nitrogens with zero attached hydrogens (tertiary/aromatic N) is 1. The number of halogens is 2. The number of hydrogen-bond donors (Lipinski definition) is 1. The second kappa shape index (κ2) is 3.95. The summed E-state index contributed by atoms with van der Waals surface area (Å²) < 4.78 is 27.9. The average molecular weight is 238 g/mol. The number of alkyl halides is 2. The van der Waals surface area contributed by atoms with Crippen LogP contribution in [0.25, 0.3) is 0 Å². The van der Waals surface area contributed by atoms with Crippen molar-refractivity contribution >= 4 is 5.69 Å². The van der Waals surface area contributed by atoms with E-state index >= 15 is 0 Å². The van der Waals surface area contributed by atoms with E-state index in [1.165, 1.54) is 0 Å². The van der Waals surface area contributed by atoms with Crippen molar-refractivity contribution in [2.45, 2.75) is 5.92 Å². The van der Waals surface area contributed by atoms with Gasteiger partial charge in [-0.15, -0.1) is 0 Å². The minimum Gasteiger partial charge on any atom is -0.370 e. The lowest BCUT2D eigenvalue weighted by Crippen LogP contribution is -2.62. The van der Waals surface area contributed by atoms with Gasteiger partial charge >= 0.3 is 0 Å². The second-order valence-electron chi connectivity index (χ2n) is 4.97. The van der Waals surface area contributed by atoms with Crippen LogP contribution in [0.2, 0.25) is 0 Å². The van der Waals surface area contributed by atoms with E-state index < -0.39 is 17.8 Å². The Kier molecular flexibility index (Phi) is 2.54. The van der Waals surface area contributed by atoms with Crippen LogP contribution in [0.5, 0.6) is 0 Å². The Morgan fingerprint density at radius 3 is 2.24 bits per heavy atom. The molecule has 3 rings (SSSR count). The summed E-state index contributed by atoms with van der Waals surface area (Å²) in [4.78, 5) is 2.09. The van der Waals surface area contributed by atoms with Gasteiger partial charge in [0.2, 0.25) is 0 Å². The Labute approximate surface area is 99.6 Å². The second-order valence-corrected chi connectivity index (χ2v) is 4.97. The molecule has 92 valence electrons. The van der Waals surface area contributed by atoms with Gasteiger partial charge in [-0.3, -0.25) is 0 Å². The van der Waals surface area contributed by atoms with Crippen LogP contribution in [0.4, 0.5) is 14.5 Å². The first-order chi connectivity index (χ1) is 8.18. The molecular formula is C13H16F2N2. The largest absolute Gasteiger partial charge is 0.370 e. The molecule has 0 radical (unpaired) electrons. The monoisotopic (exact) mass is 238 g/mol. The molecule has 0 aromatic heterocycles. The lowest BCUT2D eigenvalue weighted by Gasteiger charge is -2.48. The van der Waals surface area contributed by atoms with Crippen molar-refractivity contribution in [3.05, 3.63) is 30.3 Å². The fourth-order valence-electron chi connectivity index (χ4n) is 2.87.